The van der Waals surface area contributed by atoms with Gasteiger partial charge in [-0.05, 0) is 50.6 Å². The third-order valence-electron chi connectivity index (χ3n) is 3.80. The molecule has 0 saturated heterocycles. The van der Waals surface area contributed by atoms with Crippen LogP contribution in [-0.4, -0.2) is 22.5 Å². The molecule has 0 spiro atoms. The Morgan fingerprint density at radius 1 is 1.00 bits per heavy atom. The van der Waals surface area contributed by atoms with Crippen LogP contribution in [0.5, 0.6) is 0 Å². The molecular weight excluding hydrogens is 372 g/mol. The summed E-state index contributed by atoms with van der Waals surface area (Å²) in [6.07, 6.45) is 1.71. The van der Waals surface area contributed by atoms with Crippen molar-refractivity contribution in [3.05, 3.63) is 77.3 Å². The van der Waals surface area contributed by atoms with Crippen LogP contribution in [0.2, 0.25) is 0 Å². The molecule has 0 aliphatic carbocycles. The molecule has 144 valence electrons. The number of aromatic nitrogens is 1. The number of benzene rings is 1. The van der Waals surface area contributed by atoms with Gasteiger partial charge in [-0.2, -0.15) is 0 Å². The fourth-order valence-corrected chi connectivity index (χ4v) is 3.48. The summed E-state index contributed by atoms with van der Waals surface area (Å²) >= 11 is 1.33. The van der Waals surface area contributed by atoms with Crippen LogP contribution < -0.4 is 5.32 Å². The van der Waals surface area contributed by atoms with Gasteiger partial charge in [-0.3, -0.25) is 9.78 Å². The number of pyridine rings is 1. The van der Waals surface area contributed by atoms with Gasteiger partial charge in [-0.15, -0.1) is 11.3 Å². The molecule has 28 heavy (non-hydrogen) atoms. The Labute approximate surface area is 168 Å². The van der Waals surface area contributed by atoms with Gasteiger partial charge in [0.25, 0.3) is 5.91 Å². The molecule has 0 aliphatic rings. The lowest BCUT2D eigenvalue weighted by atomic mass is 10.1. The van der Waals surface area contributed by atoms with E-state index < -0.39 is 17.6 Å². The first kappa shape index (κ1) is 19.8. The quantitative estimate of drug-likeness (QED) is 0.641. The van der Waals surface area contributed by atoms with E-state index >= 15 is 0 Å². The van der Waals surface area contributed by atoms with Crippen LogP contribution >= 0.6 is 11.3 Å². The summed E-state index contributed by atoms with van der Waals surface area (Å²) in [5, 5.41) is 2.81. The smallest absolute Gasteiger partial charge is 0.333 e. The number of carbonyl (C=O) groups excluding carboxylic acids is 2. The highest BCUT2D eigenvalue weighted by Gasteiger charge is 2.28. The minimum atomic E-state index is -0.881. The van der Waals surface area contributed by atoms with Crippen molar-refractivity contribution in [2.24, 2.45) is 0 Å². The number of amides is 1. The second-order valence-corrected chi connectivity index (χ2v) is 8.31. The van der Waals surface area contributed by atoms with Crippen LogP contribution in [0, 0.1) is 0 Å². The molecule has 1 N–H and O–H groups in total. The first-order chi connectivity index (χ1) is 13.3. The molecule has 6 heteroatoms. The number of carbonyl (C=O) groups is 2. The van der Waals surface area contributed by atoms with Gasteiger partial charge in [-0.1, -0.05) is 36.4 Å². The lowest BCUT2D eigenvalue weighted by Gasteiger charge is -2.24. The van der Waals surface area contributed by atoms with Crippen molar-refractivity contribution in [1.29, 1.82) is 0 Å². The monoisotopic (exact) mass is 394 g/mol. The maximum absolute atomic E-state index is 12.8. The van der Waals surface area contributed by atoms with Crippen LogP contribution in [0.15, 0.2) is 66.9 Å². The molecule has 0 fully saturated rings. The summed E-state index contributed by atoms with van der Waals surface area (Å²) in [4.78, 5) is 31.2. The van der Waals surface area contributed by atoms with Gasteiger partial charge in [-0.25, -0.2) is 4.79 Å². The number of hydrogen-bond acceptors (Lipinski definition) is 5. The molecule has 2 heterocycles. The average molecular weight is 394 g/mol. The molecule has 0 aliphatic heterocycles. The minimum absolute atomic E-state index is 0.327. The number of nitrogens with one attached hydrogen (secondary N) is 1. The fraction of sp³-hybridized carbons (Fsp3) is 0.227. The van der Waals surface area contributed by atoms with E-state index in [0.717, 1.165) is 10.6 Å². The van der Waals surface area contributed by atoms with Crippen LogP contribution in [0.4, 0.5) is 0 Å². The molecule has 0 bridgehead atoms. The largest absolute Gasteiger partial charge is 0.458 e. The van der Waals surface area contributed by atoms with Crippen molar-refractivity contribution in [2.45, 2.75) is 32.4 Å². The predicted molar refractivity (Wildman–Crippen MR) is 110 cm³/mol. The lowest BCUT2D eigenvalue weighted by Crippen LogP contribution is -2.37. The number of nitrogens with zero attached hydrogens (tertiary/aromatic N) is 1. The van der Waals surface area contributed by atoms with Gasteiger partial charge in [0.15, 0.2) is 6.04 Å². The standard InChI is InChI=1S/C22H22N2O3S/c1-22(2,3)27-21(26)19(15-9-5-4-6-10-15)24-20(25)18-13-12-17(28-18)16-11-7-8-14-23-16/h4-14,19H,1-3H3,(H,24,25). The number of thiophene rings is 1. The number of rotatable bonds is 5. The highest BCUT2D eigenvalue weighted by Crippen LogP contribution is 2.27. The molecule has 0 radical (unpaired) electrons. The fourth-order valence-electron chi connectivity index (χ4n) is 2.59. The van der Waals surface area contributed by atoms with Crippen LogP contribution in [0.25, 0.3) is 10.6 Å². The Balaban J connectivity index is 1.82. The normalized spacial score (nSPS) is 12.2. The van der Waals surface area contributed by atoms with Crippen molar-refractivity contribution in [3.8, 4) is 10.6 Å². The van der Waals surface area contributed by atoms with E-state index in [9.17, 15) is 9.59 Å². The van der Waals surface area contributed by atoms with Crippen LogP contribution in [0.1, 0.15) is 42.0 Å². The molecule has 3 aromatic rings. The Morgan fingerprint density at radius 2 is 1.71 bits per heavy atom. The maximum atomic E-state index is 12.8. The summed E-state index contributed by atoms with van der Waals surface area (Å²) in [5.41, 5.74) is 0.828. The second kappa shape index (κ2) is 8.35. The van der Waals surface area contributed by atoms with Crippen molar-refractivity contribution in [1.82, 2.24) is 10.3 Å². The predicted octanol–water partition coefficient (Wildman–Crippen LogP) is 4.62. The van der Waals surface area contributed by atoms with E-state index in [2.05, 4.69) is 10.3 Å². The molecule has 3 rings (SSSR count). The second-order valence-electron chi connectivity index (χ2n) is 7.23. The molecule has 1 amide bonds. The van der Waals surface area contributed by atoms with Crippen molar-refractivity contribution in [3.63, 3.8) is 0 Å². The minimum Gasteiger partial charge on any atom is -0.458 e. The van der Waals surface area contributed by atoms with E-state index in [0.29, 0.717) is 10.4 Å². The van der Waals surface area contributed by atoms with E-state index in [1.807, 2.05) is 42.5 Å². The topological polar surface area (TPSA) is 68.3 Å². The van der Waals surface area contributed by atoms with Gasteiger partial charge in [0.2, 0.25) is 0 Å². The highest BCUT2D eigenvalue weighted by molar-refractivity contribution is 7.17. The molecular formula is C22H22N2O3S. The summed E-state index contributed by atoms with van der Waals surface area (Å²) in [7, 11) is 0. The summed E-state index contributed by atoms with van der Waals surface area (Å²) < 4.78 is 5.51. The van der Waals surface area contributed by atoms with E-state index in [1.54, 1.807) is 45.2 Å². The molecule has 1 unspecified atom stereocenters. The molecule has 2 aromatic heterocycles. The van der Waals surface area contributed by atoms with Crippen LogP contribution in [-0.2, 0) is 9.53 Å². The molecule has 1 atom stereocenters. The zero-order valence-electron chi connectivity index (χ0n) is 16.0. The zero-order chi connectivity index (χ0) is 20.1. The number of hydrogen-bond donors (Lipinski definition) is 1. The van der Waals surface area contributed by atoms with Gasteiger partial charge in [0.1, 0.15) is 5.60 Å². The number of esters is 1. The highest BCUT2D eigenvalue weighted by atomic mass is 32.1. The lowest BCUT2D eigenvalue weighted by molar-refractivity contribution is -0.157. The van der Waals surface area contributed by atoms with Gasteiger partial charge in [0, 0.05) is 6.20 Å². The van der Waals surface area contributed by atoms with Gasteiger partial charge in [0.05, 0.1) is 15.4 Å². The van der Waals surface area contributed by atoms with Crippen LogP contribution in [0.3, 0.4) is 0 Å². The summed E-state index contributed by atoms with van der Waals surface area (Å²) in [6, 6.07) is 17.4. The average Bonchev–Trinajstić information content (AvgIpc) is 3.16. The Morgan fingerprint density at radius 3 is 2.36 bits per heavy atom. The third-order valence-corrected chi connectivity index (χ3v) is 4.90. The molecule has 0 saturated carbocycles. The molecule has 1 aromatic carbocycles. The van der Waals surface area contributed by atoms with E-state index in [4.69, 9.17) is 4.74 Å². The van der Waals surface area contributed by atoms with E-state index in [1.165, 1.54) is 11.3 Å². The molecule has 5 nitrogen and oxygen atoms in total. The number of ether oxygens (including phenoxy) is 1. The van der Waals surface area contributed by atoms with E-state index in [-0.39, 0.29) is 5.91 Å². The SMILES string of the molecule is CC(C)(C)OC(=O)C(NC(=O)c1ccc(-c2ccccn2)s1)c1ccccc1. The third kappa shape index (κ3) is 5.04. The Kier molecular flexibility index (Phi) is 5.90. The van der Waals surface area contributed by atoms with Crippen molar-refractivity contribution < 1.29 is 14.3 Å². The maximum Gasteiger partial charge on any atom is 0.333 e. The summed E-state index contributed by atoms with van der Waals surface area (Å²) in [6.45, 7) is 5.40. The van der Waals surface area contributed by atoms with Gasteiger partial charge < -0.3 is 10.1 Å². The Hall–Kier alpha value is -2.99. The van der Waals surface area contributed by atoms with Gasteiger partial charge >= 0.3 is 5.97 Å². The summed E-state index contributed by atoms with van der Waals surface area (Å²) in [5.74, 6) is -0.819. The first-order valence-corrected chi connectivity index (χ1v) is 9.75. The first-order valence-electron chi connectivity index (χ1n) is 8.93. The van der Waals surface area contributed by atoms with Crippen molar-refractivity contribution >= 4 is 23.2 Å². The zero-order valence-corrected chi connectivity index (χ0v) is 16.8. The van der Waals surface area contributed by atoms with Crippen molar-refractivity contribution in [2.75, 3.05) is 0 Å². The Bertz CT molecular complexity index is 947.